The largest absolute Gasteiger partial charge is 0.253 e. The first-order valence-electron chi connectivity index (χ1n) is 7.55. The quantitative estimate of drug-likeness (QED) is 0.832. The van der Waals surface area contributed by atoms with Crippen LogP contribution in [0.25, 0.3) is 0 Å². The maximum atomic E-state index is 14.3. The zero-order valence-corrected chi connectivity index (χ0v) is 12.3. The summed E-state index contributed by atoms with van der Waals surface area (Å²) in [5, 5.41) is 27.4. The molecule has 110 valence electrons. The van der Waals surface area contributed by atoms with Gasteiger partial charge in [0.1, 0.15) is 23.9 Å². The molecule has 0 amide bonds. The van der Waals surface area contributed by atoms with Gasteiger partial charge < -0.3 is 0 Å². The molecule has 3 nitrogen and oxygen atoms in total. The molecule has 1 aromatic rings. The number of rotatable bonds is 2. The zero-order chi connectivity index (χ0) is 15.8. The summed E-state index contributed by atoms with van der Waals surface area (Å²) in [5.41, 5.74) is -1.13. The van der Waals surface area contributed by atoms with Crippen molar-refractivity contribution in [2.45, 2.75) is 55.0 Å². The minimum Gasteiger partial charge on any atom is -0.244 e. The minimum absolute atomic E-state index is 0.0287. The highest BCUT2D eigenvalue weighted by Crippen LogP contribution is 2.55. The Morgan fingerprint density at radius 2 is 1.27 bits per heavy atom. The van der Waals surface area contributed by atoms with Crippen molar-refractivity contribution in [1.29, 1.82) is 15.8 Å². The van der Waals surface area contributed by atoms with Crippen LogP contribution in [-0.4, -0.2) is 5.67 Å². The van der Waals surface area contributed by atoms with Crippen LogP contribution in [0.15, 0.2) is 24.3 Å². The summed E-state index contributed by atoms with van der Waals surface area (Å²) >= 11 is 0. The van der Waals surface area contributed by atoms with E-state index in [1.807, 2.05) is 12.1 Å². The molecular weight excluding hydrogens is 277 g/mol. The van der Waals surface area contributed by atoms with Gasteiger partial charge in [-0.25, -0.2) is 4.39 Å². The second-order valence-electron chi connectivity index (χ2n) is 6.59. The van der Waals surface area contributed by atoms with Gasteiger partial charge in [0, 0.05) is 5.56 Å². The van der Waals surface area contributed by atoms with Crippen LogP contribution in [0.4, 0.5) is 4.39 Å². The minimum atomic E-state index is -1.75. The topological polar surface area (TPSA) is 71.4 Å². The third kappa shape index (κ3) is 1.98. The molecule has 0 heterocycles. The third-order valence-corrected chi connectivity index (χ3v) is 5.59. The highest BCUT2D eigenvalue weighted by Gasteiger charge is 2.49. The summed E-state index contributed by atoms with van der Waals surface area (Å²) in [6.07, 6.45) is 4.40. The molecule has 0 aliphatic heterocycles. The molecule has 3 aliphatic carbocycles. The molecule has 0 atom stereocenters. The van der Waals surface area contributed by atoms with Gasteiger partial charge in [-0.1, -0.05) is 24.3 Å². The van der Waals surface area contributed by atoms with Crippen LogP contribution in [0.2, 0.25) is 0 Å². The SMILES string of the molecule is N#CC(C#N)(C#N)c1ccc(C23CCC(F)(CC2)CC3)cc1. The Hall–Kier alpha value is -2.38. The lowest BCUT2D eigenvalue weighted by atomic mass is 9.57. The Morgan fingerprint density at radius 3 is 1.68 bits per heavy atom. The smallest absolute Gasteiger partial charge is 0.244 e. The Labute approximate surface area is 129 Å². The van der Waals surface area contributed by atoms with Gasteiger partial charge in [0.15, 0.2) is 0 Å². The molecule has 0 aromatic heterocycles. The van der Waals surface area contributed by atoms with Gasteiger partial charge in [0.25, 0.3) is 5.41 Å². The molecule has 3 fully saturated rings. The van der Waals surface area contributed by atoms with Crippen LogP contribution < -0.4 is 0 Å². The molecule has 0 unspecified atom stereocenters. The van der Waals surface area contributed by atoms with E-state index in [9.17, 15) is 4.39 Å². The van der Waals surface area contributed by atoms with E-state index < -0.39 is 11.1 Å². The molecule has 3 aliphatic rings. The van der Waals surface area contributed by atoms with Crippen LogP contribution in [0.5, 0.6) is 0 Å². The first kappa shape index (κ1) is 14.6. The van der Waals surface area contributed by atoms with Gasteiger partial charge in [-0.15, -0.1) is 0 Å². The molecule has 22 heavy (non-hydrogen) atoms. The molecule has 3 saturated carbocycles. The molecule has 0 saturated heterocycles. The summed E-state index contributed by atoms with van der Waals surface area (Å²) in [6.45, 7) is 0. The van der Waals surface area contributed by atoms with Crippen molar-refractivity contribution in [3.63, 3.8) is 0 Å². The van der Waals surface area contributed by atoms with Crippen LogP contribution in [-0.2, 0) is 10.8 Å². The number of nitriles is 3. The number of hydrogen-bond donors (Lipinski definition) is 0. The van der Waals surface area contributed by atoms with Crippen molar-refractivity contribution < 1.29 is 4.39 Å². The van der Waals surface area contributed by atoms with E-state index in [-0.39, 0.29) is 5.41 Å². The van der Waals surface area contributed by atoms with E-state index in [1.54, 1.807) is 30.3 Å². The summed E-state index contributed by atoms with van der Waals surface area (Å²) in [5.74, 6) is 0. The lowest BCUT2D eigenvalue weighted by molar-refractivity contribution is 0.00351. The second kappa shape index (κ2) is 4.82. The highest BCUT2D eigenvalue weighted by atomic mass is 19.1. The summed E-state index contributed by atoms with van der Waals surface area (Å²) in [4.78, 5) is 0. The normalized spacial score (nSPS) is 30.1. The Kier molecular flexibility index (Phi) is 3.19. The number of fused-ring (bicyclic) bond motifs is 3. The lowest BCUT2D eigenvalue weighted by Crippen LogP contribution is -2.45. The first-order chi connectivity index (χ1) is 10.5. The number of hydrogen-bond acceptors (Lipinski definition) is 3. The van der Waals surface area contributed by atoms with Gasteiger partial charge >= 0.3 is 0 Å². The monoisotopic (exact) mass is 293 g/mol. The average Bonchev–Trinajstić information content (AvgIpc) is 2.59. The van der Waals surface area contributed by atoms with Crippen molar-refractivity contribution in [2.75, 3.05) is 0 Å². The van der Waals surface area contributed by atoms with E-state index in [0.717, 1.165) is 24.8 Å². The molecule has 1 aromatic carbocycles. The van der Waals surface area contributed by atoms with Crippen molar-refractivity contribution in [1.82, 2.24) is 0 Å². The Bertz CT molecular complexity index is 654. The summed E-state index contributed by atoms with van der Waals surface area (Å²) < 4.78 is 14.3. The van der Waals surface area contributed by atoms with E-state index in [0.29, 0.717) is 24.8 Å². The fourth-order valence-corrected chi connectivity index (χ4v) is 3.92. The number of benzene rings is 1. The average molecular weight is 293 g/mol. The molecule has 0 N–H and O–H groups in total. The van der Waals surface area contributed by atoms with Crippen LogP contribution in [0.3, 0.4) is 0 Å². The van der Waals surface area contributed by atoms with Crippen LogP contribution in [0.1, 0.15) is 49.7 Å². The van der Waals surface area contributed by atoms with Crippen molar-refractivity contribution >= 4 is 0 Å². The van der Waals surface area contributed by atoms with Gasteiger partial charge in [-0.2, -0.15) is 15.8 Å². The van der Waals surface area contributed by atoms with Gasteiger partial charge in [0.2, 0.25) is 0 Å². The fraction of sp³-hybridized carbons (Fsp3) is 0.500. The van der Waals surface area contributed by atoms with Crippen molar-refractivity contribution in [3.05, 3.63) is 35.4 Å². The maximum absolute atomic E-state index is 14.3. The summed E-state index contributed by atoms with van der Waals surface area (Å²) in [6, 6.07) is 12.6. The van der Waals surface area contributed by atoms with E-state index in [1.165, 1.54) is 0 Å². The molecule has 4 rings (SSSR count). The predicted octanol–water partition coefficient (Wildman–Crippen LogP) is 3.81. The number of alkyl halides is 1. The van der Waals surface area contributed by atoms with E-state index in [4.69, 9.17) is 15.8 Å². The second-order valence-corrected chi connectivity index (χ2v) is 6.59. The number of nitrogens with zero attached hydrogens (tertiary/aromatic N) is 3. The number of halogens is 1. The standard InChI is InChI=1S/C18H16FN3/c19-18-8-5-16(6-9-18,7-10-18)14-1-3-15(4-2-14)17(11-20,12-21)13-22/h1-4H,5-10H2. The van der Waals surface area contributed by atoms with E-state index in [2.05, 4.69) is 0 Å². The van der Waals surface area contributed by atoms with Crippen LogP contribution >= 0.6 is 0 Å². The first-order valence-corrected chi connectivity index (χ1v) is 7.55. The Balaban J connectivity index is 1.92. The van der Waals surface area contributed by atoms with Crippen LogP contribution in [0, 0.1) is 34.0 Å². The van der Waals surface area contributed by atoms with Gasteiger partial charge in [0.05, 0.1) is 0 Å². The van der Waals surface area contributed by atoms with Crippen molar-refractivity contribution in [2.24, 2.45) is 0 Å². The molecule has 4 heteroatoms. The van der Waals surface area contributed by atoms with Crippen molar-refractivity contribution in [3.8, 4) is 18.2 Å². The third-order valence-electron chi connectivity index (χ3n) is 5.59. The molecule has 2 bridgehead atoms. The lowest BCUT2D eigenvalue weighted by Gasteiger charge is -2.50. The molecular formula is C18H16FN3. The zero-order valence-electron chi connectivity index (χ0n) is 12.3. The molecule has 0 radical (unpaired) electrons. The van der Waals surface area contributed by atoms with Gasteiger partial charge in [-0.05, 0) is 49.5 Å². The highest BCUT2D eigenvalue weighted by molar-refractivity contribution is 5.49. The predicted molar refractivity (Wildman–Crippen MR) is 78.2 cm³/mol. The summed E-state index contributed by atoms with van der Waals surface area (Å²) in [7, 11) is 0. The Morgan fingerprint density at radius 1 is 0.818 bits per heavy atom. The fourth-order valence-electron chi connectivity index (χ4n) is 3.92. The van der Waals surface area contributed by atoms with Gasteiger partial charge in [-0.3, -0.25) is 0 Å². The molecule has 0 spiro atoms. The maximum Gasteiger partial charge on any atom is 0.253 e. The van der Waals surface area contributed by atoms with E-state index >= 15 is 0 Å².